The fourth-order valence-electron chi connectivity index (χ4n) is 3.69. The quantitative estimate of drug-likeness (QED) is 0.669. The summed E-state index contributed by atoms with van der Waals surface area (Å²) in [5.41, 5.74) is 4.35. The third-order valence-corrected chi connectivity index (χ3v) is 5.06. The Hall–Kier alpha value is -3.15. The van der Waals surface area contributed by atoms with Crippen molar-refractivity contribution in [2.75, 3.05) is 20.3 Å². The van der Waals surface area contributed by atoms with Gasteiger partial charge in [0.15, 0.2) is 11.5 Å². The number of rotatable bonds is 5. The Balaban J connectivity index is 0.00000256. The van der Waals surface area contributed by atoms with E-state index in [1.165, 1.54) is 0 Å². The summed E-state index contributed by atoms with van der Waals surface area (Å²) < 4.78 is 18.8. The number of phenolic OH excluding ortho intramolecular Hbond substituents is 1. The van der Waals surface area contributed by atoms with Gasteiger partial charge in [-0.05, 0) is 35.7 Å². The van der Waals surface area contributed by atoms with Crippen LogP contribution in [0.5, 0.6) is 23.0 Å². The molecule has 3 aromatic rings. The Labute approximate surface area is 172 Å². The van der Waals surface area contributed by atoms with Crippen LogP contribution in [0.4, 0.5) is 0 Å². The molecule has 154 valence electrons. The van der Waals surface area contributed by atoms with Gasteiger partial charge >= 0.3 is 0 Å². The van der Waals surface area contributed by atoms with Gasteiger partial charge in [-0.3, -0.25) is 4.68 Å². The molecular weight excluding hydrogens is 368 g/mol. The number of hydrogen-bond acceptors (Lipinski definition) is 5. The zero-order valence-corrected chi connectivity index (χ0v) is 17.1. The van der Waals surface area contributed by atoms with Gasteiger partial charge in [-0.1, -0.05) is 19.4 Å². The highest BCUT2D eigenvalue weighted by Gasteiger charge is 2.20. The van der Waals surface area contributed by atoms with E-state index in [0.717, 1.165) is 53.1 Å². The van der Waals surface area contributed by atoms with Gasteiger partial charge in [0.1, 0.15) is 17.2 Å². The van der Waals surface area contributed by atoms with Crippen LogP contribution < -0.4 is 14.2 Å². The second-order valence-electron chi connectivity index (χ2n) is 7.21. The minimum atomic E-state index is 0. The lowest BCUT2D eigenvalue weighted by atomic mass is 9.97. The van der Waals surface area contributed by atoms with Crippen molar-refractivity contribution in [3.8, 4) is 45.4 Å². The summed E-state index contributed by atoms with van der Waals surface area (Å²) in [6.45, 7) is 3.41. The average Bonchev–Trinajstić information content (AvgIpc) is 2.95. The van der Waals surface area contributed by atoms with Crippen molar-refractivity contribution in [2.24, 2.45) is 7.05 Å². The van der Waals surface area contributed by atoms with E-state index in [4.69, 9.17) is 14.2 Å². The second kappa shape index (κ2) is 8.07. The van der Waals surface area contributed by atoms with Gasteiger partial charge in [0.2, 0.25) is 0 Å². The molecule has 0 fully saturated rings. The molecule has 0 bridgehead atoms. The van der Waals surface area contributed by atoms with E-state index in [2.05, 4.69) is 12.0 Å². The van der Waals surface area contributed by atoms with Crippen LogP contribution >= 0.6 is 0 Å². The maximum Gasteiger partial charge on any atom is 0.161 e. The number of benzene rings is 2. The molecule has 1 aliphatic rings. The van der Waals surface area contributed by atoms with Gasteiger partial charge in [-0.15, -0.1) is 0 Å². The lowest BCUT2D eigenvalue weighted by Gasteiger charge is -2.13. The van der Waals surface area contributed by atoms with Crippen molar-refractivity contribution >= 4 is 0 Å². The Morgan fingerprint density at radius 3 is 2.69 bits per heavy atom. The van der Waals surface area contributed by atoms with Gasteiger partial charge in [-0.25, -0.2) is 0 Å². The monoisotopic (exact) mass is 396 g/mol. The minimum Gasteiger partial charge on any atom is -0.507 e. The first-order valence-corrected chi connectivity index (χ1v) is 9.94. The summed E-state index contributed by atoms with van der Waals surface area (Å²) in [5, 5.41) is 15.4. The van der Waals surface area contributed by atoms with Crippen molar-refractivity contribution in [1.29, 1.82) is 0 Å². The van der Waals surface area contributed by atoms with Crippen LogP contribution in [0.15, 0.2) is 36.5 Å². The fourth-order valence-corrected chi connectivity index (χ4v) is 3.69. The molecule has 0 spiro atoms. The number of nitrogens with zero attached hydrogens (tertiary/aromatic N) is 2. The largest absolute Gasteiger partial charge is 0.507 e. The molecule has 2 aromatic carbocycles. The summed E-state index contributed by atoms with van der Waals surface area (Å²) in [6.07, 6.45) is 4.67. The standard InChI is InChI=1S/C23H26N2O4.H2/c1-4-6-16-11-17(19(26)13-21(16)27-3)23-18(14-25(2)24-23)15-7-8-20-22(12-15)29-10-5-9-28-20;/h7-8,11-14,26H,4-6,9-10H2,1-3H3;1H. The third-order valence-electron chi connectivity index (χ3n) is 5.06. The van der Waals surface area contributed by atoms with E-state index >= 15 is 0 Å². The summed E-state index contributed by atoms with van der Waals surface area (Å²) in [7, 11) is 3.50. The SMILES string of the molecule is CCCc1cc(-c2nn(C)cc2-c2ccc3c(c2)OCCCO3)c(O)cc1OC.[HH]. The first kappa shape index (κ1) is 19.2. The number of fused-ring (bicyclic) bond motifs is 1. The molecule has 6 nitrogen and oxygen atoms in total. The maximum atomic E-state index is 10.7. The third kappa shape index (κ3) is 3.75. The number of aryl methyl sites for hydroxylation is 2. The van der Waals surface area contributed by atoms with Crippen molar-refractivity contribution < 1.29 is 20.7 Å². The number of aromatic hydroxyl groups is 1. The van der Waals surface area contributed by atoms with Crippen LogP contribution in [-0.2, 0) is 13.5 Å². The molecular formula is C23H28N2O4. The van der Waals surface area contributed by atoms with Crippen molar-refractivity contribution in [1.82, 2.24) is 9.78 Å². The minimum absolute atomic E-state index is 0. The molecule has 1 N–H and O–H groups in total. The van der Waals surface area contributed by atoms with Crippen LogP contribution in [0, 0.1) is 0 Å². The Kier molecular flexibility index (Phi) is 5.34. The summed E-state index contributed by atoms with van der Waals surface area (Å²) >= 11 is 0. The molecule has 0 saturated carbocycles. The molecule has 0 unspecified atom stereocenters. The Morgan fingerprint density at radius 1 is 1.14 bits per heavy atom. The highest BCUT2D eigenvalue weighted by Crippen LogP contribution is 2.41. The molecule has 0 saturated heterocycles. The van der Waals surface area contributed by atoms with Crippen LogP contribution in [0.3, 0.4) is 0 Å². The smallest absolute Gasteiger partial charge is 0.161 e. The molecule has 29 heavy (non-hydrogen) atoms. The second-order valence-corrected chi connectivity index (χ2v) is 7.21. The predicted molar refractivity (Wildman–Crippen MR) is 114 cm³/mol. The van der Waals surface area contributed by atoms with Gasteiger partial charge in [0.05, 0.1) is 20.3 Å². The van der Waals surface area contributed by atoms with Crippen LogP contribution in [0.25, 0.3) is 22.4 Å². The lowest BCUT2D eigenvalue weighted by molar-refractivity contribution is 0.297. The van der Waals surface area contributed by atoms with E-state index in [1.807, 2.05) is 37.5 Å². The fraction of sp³-hybridized carbons (Fsp3) is 0.348. The predicted octanol–water partition coefficient (Wildman–Crippen LogP) is 4.83. The molecule has 6 heteroatoms. The van der Waals surface area contributed by atoms with Crippen LogP contribution in [-0.4, -0.2) is 35.2 Å². The first-order chi connectivity index (χ1) is 14.1. The molecule has 0 amide bonds. The molecule has 1 aliphatic heterocycles. The van der Waals surface area contributed by atoms with Gasteiger partial charge in [0.25, 0.3) is 0 Å². The van der Waals surface area contributed by atoms with Gasteiger partial charge in [0, 0.05) is 38.3 Å². The number of ether oxygens (including phenoxy) is 3. The number of aromatic nitrogens is 2. The molecule has 1 aromatic heterocycles. The average molecular weight is 396 g/mol. The zero-order valence-electron chi connectivity index (χ0n) is 17.1. The molecule has 0 atom stereocenters. The van der Waals surface area contributed by atoms with Crippen LogP contribution in [0.2, 0.25) is 0 Å². The van der Waals surface area contributed by atoms with Crippen molar-refractivity contribution in [3.05, 3.63) is 42.1 Å². The van der Waals surface area contributed by atoms with E-state index < -0.39 is 0 Å². The maximum absolute atomic E-state index is 10.7. The summed E-state index contributed by atoms with van der Waals surface area (Å²) in [5.74, 6) is 2.34. The van der Waals surface area contributed by atoms with Gasteiger partial charge in [-0.2, -0.15) is 5.10 Å². The van der Waals surface area contributed by atoms with E-state index in [9.17, 15) is 5.11 Å². The Bertz CT molecular complexity index is 1030. The number of hydrogen-bond donors (Lipinski definition) is 1. The Morgan fingerprint density at radius 2 is 1.93 bits per heavy atom. The topological polar surface area (TPSA) is 65.7 Å². The summed E-state index contributed by atoms with van der Waals surface area (Å²) in [6, 6.07) is 9.57. The first-order valence-electron chi connectivity index (χ1n) is 9.94. The normalized spacial score (nSPS) is 13.2. The zero-order chi connectivity index (χ0) is 20.4. The van der Waals surface area contributed by atoms with Crippen molar-refractivity contribution in [3.63, 3.8) is 0 Å². The number of phenols is 1. The number of methoxy groups -OCH3 is 1. The molecule has 0 radical (unpaired) electrons. The van der Waals surface area contributed by atoms with E-state index in [1.54, 1.807) is 17.9 Å². The lowest BCUT2D eigenvalue weighted by Crippen LogP contribution is -1.97. The van der Waals surface area contributed by atoms with E-state index in [0.29, 0.717) is 24.5 Å². The molecule has 0 aliphatic carbocycles. The molecule has 4 rings (SSSR count). The highest BCUT2D eigenvalue weighted by atomic mass is 16.5. The highest BCUT2D eigenvalue weighted by molar-refractivity contribution is 5.84. The molecule has 2 heterocycles. The van der Waals surface area contributed by atoms with Crippen molar-refractivity contribution in [2.45, 2.75) is 26.2 Å². The summed E-state index contributed by atoms with van der Waals surface area (Å²) in [4.78, 5) is 0. The van der Waals surface area contributed by atoms with E-state index in [-0.39, 0.29) is 7.18 Å². The van der Waals surface area contributed by atoms with Gasteiger partial charge < -0.3 is 19.3 Å². The van der Waals surface area contributed by atoms with Crippen LogP contribution in [0.1, 0.15) is 26.8 Å².